The molecule has 22 heavy (non-hydrogen) atoms. The van der Waals surface area contributed by atoms with E-state index in [-0.39, 0.29) is 11.5 Å². The molecule has 3 rings (SSSR count). The second-order valence-electron chi connectivity index (χ2n) is 6.71. The van der Waals surface area contributed by atoms with Gasteiger partial charge in [0, 0.05) is 25.2 Å². The Morgan fingerprint density at radius 1 is 1.14 bits per heavy atom. The normalized spacial score (nSPS) is 15.4. The SMILES string of the molecule is CC(C)(C)N1CCn2c(F)c(-c3ccccc3)c(C#N)c2C1. The van der Waals surface area contributed by atoms with Gasteiger partial charge in [0.2, 0.25) is 5.95 Å². The van der Waals surface area contributed by atoms with Crippen molar-refractivity contribution >= 4 is 0 Å². The van der Waals surface area contributed by atoms with E-state index < -0.39 is 0 Å². The highest BCUT2D eigenvalue weighted by molar-refractivity contribution is 5.72. The van der Waals surface area contributed by atoms with Gasteiger partial charge in [-0.3, -0.25) is 4.90 Å². The molecular formula is C18H20FN3. The number of aromatic nitrogens is 1. The molecule has 0 amide bonds. The fourth-order valence-corrected chi connectivity index (χ4v) is 3.08. The highest BCUT2D eigenvalue weighted by Crippen LogP contribution is 2.35. The van der Waals surface area contributed by atoms with Crippen molar-refractivity contribution in [2.24, 2.45) is 0 Å². The van der Waals surface area contributed by atoms with Crippen LogP contribution in [0.15, 0.2) is 30.3 Å². The molecule has 0 atom stereocenters. The van der Waals surface area contributed by atoms with Crippen LogP contribution in [0.25, 0.3) is 11.1 Å². The molecule has 0 unspecified atom stereocenters. The van der Waals surface area contributed by atoms with Crippen LogP contribution in [0, 0.1) is 17.3 Å². The second kappa shape index (κ2) is 5.26. The van der Waals surface area contributed by atoms with E-state index >= 15 is 0 Å². The van der Waals surface area contributed by atoms with Crippen molar-refractivity contribution in [1.29, 1.82) is 5.26 Å². The second-order valence-corrected chi connectivity index (χ2v) is 6.71. The van der Waals surface area contributed by atoms with Crippen LogP contribution in [0.3, 0.4) is 0 Å². The van der Waals surface area contributed by atoms with Crippen molar-refractivity contribution in [2.45, 2.75) is 39.4 Å². The molecule has 2 aromatic rings. The molecule has 0 N–H and O–H groups in total. The fourth-order valence-electron chi connectivity index (χ4n) is 3.08. The summed E-state index contributed by atoms with van der Waals surface area (Å²) in [4.78, 5) is 2.29. The molecule has 1 aromatic heterocycles. The smallest absolute Gasteiger partial charge is 0.203 e. The predicted octanol–water partition coefficient (Wildman–Crippen LogP) is 3.78. The van der Waals surface area contributed by atoms with E-state index in [0.717, 1.165) is 17.8 Å². The van der Waals surface area contributed by atoms with Crippen LogP contribution >= 0.6 is 0 Å². The summed E-state index contributed by atoms with van der Waals surface area (Å²) >= 11 is 0. The van der Waals surface area contributed by atoms with Crippen molar-refractivity contribution in [3.05, 3.63) is 47.5 Å². The van der Waals surface area contributed by atoms with Crippen LogP contribution in [-0.4, -0.2) is 21.6 Å². The number of rotatable bonds is 1. The Morgan fingerprint density at radius 2 is 1.82 bits per heavy atom. The van der Waals surface area contributed by atoms with Crippen LogP contribution in [0.5, 0.6) is 0 Å². The Morgan fingerprint density at radius 3 is 2.41 bits per heavy atom. The van der Waals surface area contributed by atoms with Gasteiger partial charge in [0.1, 0.15) is 6.07 Å². The van der Waals surface area contributed by atoms with Crippen LogP contribution < -0.4 is 0 Å². The molecule has 0 fully saturated rings. The van der Waals surface area contributed by atoms with E-state index in [2.05, 4.69) is 31.7 Å². The van der Waals surface area contributed by atoms with E-state index in [1.54, 1.807) is 4.57 Å². The van der Waals surface area contributed by atoms with Crippen LogP contribution in [0.1, 0.15) is 32.0 Å². The first-order chi connectivity index (χ1) is 10.4. The Bertz CT molecular complexity index is 732. The maximum Gasteiger partial charge on any atom is 0.203 e. The Hall–Kier alpha value is -2.12. The monoisotopic (exact) mass is 297 g/mol. The topological polar surface area (TPSA) is 32.0 Å². The number of halogens is 1. The van der Waals surface area contributed by atoms with Crippen molar-refractivity contribution in [3.8, 4) is 17.2 Å². The molecule has 4 heteroatoms. The third kappa shape index (κ3) is 2.32. The molecule has 1 aliphatic heterocycles. The van der Waals surface area contributed by atoms with Gasteiger partial charge in [0.25, 0.3) is 0 Å². The number of benzene rings is 1. The lowest BCUT2D eigenvalue weighted by atomic mass is 10.0. The summed E-state index contributed by atoms with van der Waals surface area (Å²) in [5.74, 6) is -0.286. The zero-order valence-electron chi connectivity index (χ0n) is 13.2. The molecule has 0 spiro atoms. The van der Waals surface area contributed by atoms with Crippen LogP contribution in [0.2, 0.25) is 0 Å². The third-order valence-corrected chi connectivity index (χ3v) is 4.36. The molecule has 1 aliphatic rings. The molecule has 0 saturated heterocycles. The number of hydrogen-bond acceptors (Lipinski definition) is 2. The van der Waals surface area contributed by atoms with Crippen molar-refractivity contribution < 1.29 is 4.39 Å². The molecule has 0 saturated carbocycles. The molecule has 0 bridgehead atoms. The zero-order chi connectivity index (χ0) is 15.9. The molecule has 2 heterocycles. The number of hydrogen-bond donors (Lipinski definition) is 0. The average molecular weight is 297 g/mol. The highest BCUT2D eigenvalue weighted by Gasteiger charge is 2.32. The van der Waals surface area contributed by atoms with Gasteiger partial charge in [-0.25, -0.2) is 0 Å². The van der Waals surface area contributed by atoms with Crippen molar-refractivity contribution in [2.75, 3.05) is 6.54 Å². The van der Waals surface area contributed by atoms with Crippen molar-refractivity contribution in [3.63, 3.8) is 0 Å². The summed E-state index contributed by atoms with van der Waals surface area (Å²) in [5, 5.41) is 9.59. The molecule has 1 aromatic carbocycles. The minimum atomic E-state index is -0.286. The Labute approximate surface area is 130 Å². The van der Waals surface area contributed by atoms with Gasteiger partial charge in [-0.05, 0) is 26.3 Å². The molecular weight excluding hydrogens is 277 g/mol. The molecule has 114 valence electrons. The van der Waals surface area contributed by atoms with Gasteiger partial charge >= 0.3 is 0 Å². The van der Waals surface area contributed by atoms with Crippen molar-refractivity contribution in [1.82, 2.24) is 9.47 Å². The first-order valence-corrected chi connectivity index (χ1v) is 7.55. The lowest BCUT2D eigenvalue weighted by molar-refractivity contribution is 0.0992. The minimum absolute atomic E-state index is 0.00559. The summed E-state index contributed by atoms with van der Waals surface area (Å²) in [6, 6.07) is 11.6. The van der Waals surface area contributed by atoms with Gasteiger partial charge < -0.3 is 4.57 Å². The van der Waals surface area contributed by atoms with Gasteiger partial charge in [0.05, 0.1) is 16.8 Å². The standard InChI is InChI=1S/C18H20FN3/c1-18(2,3)21-9-10-22-15(12-21)14(11-20)16(17(22)19)13-7-5-4-6-8-13/h4-8H,9-10,12H2,1-3H3. The summed E-state index contributed by atoms with van der Waals surface area (Å²) in [7, 11) is 0. The fraction of sp³-hybridized carbons (Fsp3) is 0.389. The van der Waals surface area contributed by atoms with Crippen LogP contribution in [0.4, 0.5) is 4.39 Å². The first-order valence-electron chi connectivity index (χ1n) is 7.55. The number of nitrogens with zero attached hydrogens (tertiary/aromatic N) is 3. The summed E-state index contributed by atoms with van der Waals surface area (Å²) in [6.45, 7) is 8.42. The predicted molar refractivity (Wildman–Crippen MR) is 84.7 cm³/mol. The number of fused-ring (bicyclic) bond motifs is 1. The van der Waals surface area contributed by atoms with E-state index in [9.17, 15) is 9.65 Å². The Kier molecular flexibility index (Phi) is 3.54. The maximum atomic E-state index is 14.9. The van der Waals surface area contributed by atoms with Gasteiger partial charge in [-0.2, -0.15) is 9.65 Å². The quantitative estimate of drug-likeness (QED) is 0.802. The molecule has 0 radical (unpaired) electrons. The van der Waals surface area contributed by atoms with E-state index in [0.29, 0.717) is 24.2 Å². The van der Waals surface area contributed by atoms with Gasteiger partial charge in [-0.1, -0.05) is 30.3 Å². The van der Waals surface area contributed by atoms with E-state index in [1.165, 1.54) is 0 Å². The largest absolute Gasteiger partial charge is 0.318 e. The minimum Gasteiger partial charge on any atom is -0.318 e. The summed E-state index contributed by atoms with van der Waals surface area (Å²) in [5.41, 5.74) is 2.47. The average Bonchev–Trinajstić information content (AvgIpc) is 2.79. The Balaban J connectivity index is 2.14. The lowest BCUT2D eigenvalue weighted by Gasteiger charge is -2.39. The zero-order valence-corrected chi connectivity index (χ0v) is 13.2. The lowest BCUT2D eigenvalue weighted by Crippen LogP contribution is -2.46. The van der Waals surface area contributed by atoms with E-state index in [4.69, 9.17) is 0 Å². The van der Waals surface area contributed by atoms with Crippen LogP contribution in [-0.2, 0) is 13.1 Å². The first kappa shape index (κ1) is 14.8. The van der Waals surface area contributed by atoms with Gasteiger partial charge in [-0.15, -0.1) is 0 Å². The summed E-state index contributed by atoms with van der Waals surface area (Å²) < 4.78 is 16.5. The number of nitriles is 1. The highest BCUT2D eigenvalue weighted by atomic mass is 19.1. The van der Waals surface area contributed by atoms with Gasteiger partial charge in [0.15, 0.2) is 0 Å². The maximum absolute atomic E-state index is 14.9. The summed E-state index contributed by atoms with van der Waals surface area (Å²) in [6.07, 6.45) is 0. The van der Waals surface area contributed by atoms with E-state index in [1.807, 2.05) is 30.3 Å². The molecule has 3 nitrogen and oxygen atoms in total. The molecule has 0 aliphatic carbocycles. The third-order valence-electron chi connectivity index (χ3n) is 4.36.